The van der Waals surface area contributed by atoms with E-state index < -0.39 is 0 Å². The number of hydrogen-bond acceptors (Lipinski definition) is 14. The highest BCUT2D eigenvalue weighted by Gasteiger charge is 2.23. The number of aromatic nitrogens is 6. The fourth-order valence-electron chi connectivity index (χ4n) is 4.85. The van der Waals surface area contributed by atoms with Crippen molar-refractivity contribution in [1.29, 1.82) is 0 Å². The first-order valence-electron chi connectivity index (χ1n) is 15.4. The van der Waals surface area contributed by atoms with E-state index in [9.17, 15) is 9.59 Å². The number of benzene rings is 2. The zero-order valence-corrected chi connectivity index (χ0v) is 26.3. The zero-order valence-electron chi connectivity index (χ0n) is 26.3. The monoisotopic (exact) mass is 628 g/mol. The minimum atomic E-state index is -0.121. The lowest BCUT2D eigenvalue weighted by Gasteiger charge is -2.22. The quantitative estimate of drug-likeness (QED) is 0.140. The molecule has 5 rings (SSSR count). The smallest absolute Gasteiger partial charge is 0.330 e. The number of carbonyl (C=O) groups is 2. The molecule has 0 aliphatic carbocycles. The van der Waals surface area contributed by atoms with E-state index in [0.29, 0.717) is 50.6 Å². The highest BCUT2D eigenvalue weighted by Crippen LogP contribution is 2.36. The Bertz CT molecular complexity index is 1470. The number of rotatable bonds is 12. The van der Waals surface area contributed by atoms with Crippen molar-refractivity contribution in [3.8, 4) is 47.0 Å². The number of hydrogen-bond donors (Lipinski definition) is 0. The lowest BCUT2D eigenvalue weighted by molar-refractivity contribution is 0.111. The Kier molecular flexibility index (Phi) is 10.5. The van der Waals surface area contributed by atoms with Crippen LogP contribution in [-0.2, 0) is 0 Å². The second-order valence-electron chi connectivity index (χ2n) is 10.4. The summed E-state index contributed by atoms with van der Waals surface area (Å²) in [4.78, 5) is 55.7. The average molecular weight is 629 g/mol. The van der Waals surface area contributed by atoms with Crippen LogP contribution in [0.4, 0.5) is 11.9 Å². The number of anilines is 2. The first-order valence-corrected chi connectivity index (χ1v) is 15.4. The van der Waals surface area contributed by atoms with Crippen LogP contribution >= 0.6 is 0 Å². The molecule has 1 aliphatic rings. The number of carbonyl (C=O) groups excluding carboxylic acids is 2. The van der Waals surface area contributed by atoms with Crippen molar-refractivity contribution in [2.45, 2.75) is 53.4 Å². The molecule has 240 valence electrons. The summed E-state index contributed by atoms with van der Waals surface area (Å²) < 4.78 is 24.3. The van der Waals surface area contributed by atoms with Gasteiger partial charge in [-0.15, -0.1) is 9.97 Å². The van der Waals surface area contributed by atoms with Crippen molar-refractivity contribution in [2.24, 2.45) is 0 Å². The summed E-state index contributed by atoms with van der Waals surface area (Å²) >= 11 is 0. The average Bonchev–Trinajstić information content (AvgIpc) is 3.04. The maximum atomic E-state index is 12.4. The van der Waals surface area contributed by atoms with Crippen LogP contribution in [0.25, 0.3) is 0 Å². The van der Waals surface area contributed by atoms with Crippen LogP contribution < -0.4 is 28.7 Å². The van der Waals surface area contributed by atoms with Gasteiger partial charge in [-0.05, 0) is 49.9 Å². The summed E-state index contributed by atoms with van der Waals surface area (Å²) in [6.45, 7) is 10.9. The lowest BCUT2D eigenvalue weighted by Crippen LogP contribution is -2.27. The Morgan fingerprint density at radius 1 is 0.500 bits per heavy atom. The van der Waals surface area contributed by atoms with Crippen LogP contribution in [0.3, 0.4) is 0 Å². The van der Waals surface area contributed by atoms with Gasteiger partial charge in [0, 0.05) is 26.2 Å². The molecule has 0 radical (unpaired) electrons. The van der Waals surface area contributed by atoms with Gasteiger partial charge in [0.05, 0.1) is 11.1 Å². The van der Waals surface area contributed by atoms with Gasteiger partial charge in [0.2, 0.25) is 11.9 Å². The third kappa shape index (κ3) is 7.28. The van der Waals surface area contributed by atoms with Crippen LogP contribution in [0.1, 0.15) is 74.1 Å². The predicted molar refractivity (Wildman–Crippen MR) is 169 cm³/mol. The first-order chi connectivity index (χ1) is 22.5. The van der Waals surface area contributed by atoms with E-state index >= 15 is 0 Å². The van der Waals surface area contributed by atoms with E-state index in [1.165, 1.54) is 0 Å². The molecule has 0 saturated carbocycles. The van der Waals surface area contributed by atoms with E-state index in [1.54, 1.807) is 36.4 Å². The molecule has 0 amide bonds. The molecule has 0 spiro atoms. The number of nitrogens with zero attached hydrogens (tertiary/aromatic N) is 8. The van der Waals surface area contributed by atoms with Gasteiger partial charge < -0.3 is 28.7 Å². The van der Waals surface area contributed by atoms with Crippen LogP contribution in [0.5, 0.6) is 47.0 Å². The Hall–Kier alpha value is -5.40. The maximum absolute atomic E-state index is 12.4. The van der Waals surface area contributed by atoms with Gasteiger partial charge in [0.15, 0.2) is 12.6 Å². The van der Waals surface area contributed by atoms with Crippen molar-refractivity contribution in [2.75, 3.05) is 36.0 Å². The molecule has 2 aromatic carbocycles. The summed E-state index contributed by atoms with van der Waals surface area (Å²) in [6, 6.07) is 9.18. The molecule has 0 fully saturated rings. The molecule has 14 heteroatoms. The lowest BCUT2D eigenvalue weighted by atomic mass is 10.2. The molecule has 0 unspecified atom stereocenters. The normalized spacial score (nSPS) is 11.7. The standard InChI is InChI=1S/C32H36N8O6/c1-5-15-39(16-6-2)27-33-29-37-30(34-27)44-24-12-10-14-26(22(24)20-42)46-32-36-28(40(17-7-3)18-8-4)35-31(38-32)45-25-13-9-11-23(43-29)21(25)19-41/h9-14,19-20H,5-8,15-18H2,1-4H3. The fraction of sp³-hybridized carbons (Fsp3) is 0.375. The van der Waals surface area contributed by atoms with Gasteiger partial charge >= 0.3 is 24.0 Å². The van der Waals surface area contributed by atoms with E-state index in [1.807, 2.05) is 9.80 Å². The molecule has 0 N–H and O–H groups in total. The van der Waals surface area contributed by atoms with E-state index in [4.69, 9.17) is 18.9 Å². The molecule has 1 aliphatic heterocycles. The molecule has 14 nitrogen and oxygen atoms in total. The second-order valence-corrected chi connectivity index (χ2v) is 10.4. The number of aldehydes is 2. The summed E-state index contributed by atoms with van der Waals surface area (Å²) in [5.74, 6) is 1.13. The van der Waals surface area contributed by atoms with Gasteiger partial charge in [-0.3, -0.25) is 9.59 Å². The van der Waals surface area contributed by atoms with Crippen molar-refractivity contribution >= 4 is 24.5 Å². The minimum Gasteiger partial charge on any atom is -0.423 e. The van der Waals surface area contributed by atoms with Gasteiger partial charge in [-0.2, -0.15) is 19.9 Å². The fourth-order valence-corrected chi connectivity index (χ4v) is 4.85. The topological polar surface area (TPSA) is 155 Å². The third-order valence-electron chi connectivity index (χ3n) is 6.80. The Morgan fingerprint density at radius 2 is 0.783 bits per heavy atom. The SMILES string of the molecule is CCCN(CCC)c1nc2nc(n1)Oc1cccc(c1C=O)Oc1nc(nc(N(CCC)CCC)n1)Oc1cccc(c1C=O)O2. The largest absolute Gasteiger partial charge is 0.423 e. The molecule has 0 saturated heterocycles. The Labute approximate surface area is 266 Å². The van der Waals surface area contributed by atoms with Crippen molar-refractivity contribution in [3.63, 3.8) is 0 Å². The van der Waals surface area contributed by atoms with Crippen molar-refractivity contribution in [1.82, 2.24) is 29.9 Å². The Balaban J connectivity index is 1.71. The number of ether oxygens (including phenoxy) is 4. The van der Waals surface area contributed by atoms with Crippen molar-refractivity contribution < 1.29 is 28.5 Å². The van der Waals surface area contributed by atoms with E-state index in [-0.39, 0.29) is 58.2 Å². The molecule has 3 heterocycles. The molecule has 4 aromatic rings. The first kappa shape index (κ1) is 32.0. The van der Waals surface area contributed by atoms with Crippen LogP contribution in [0.15, 0.2) is 36.4 Å². The third-order valence-corrected chi connectivity index (χ3v) is 6.80. The molecule has 46 heavy (non-hydrogen) atoms. The van der Waals surface area contributed by atoms with Crippen LogP contribution in [-0.4, -0.2) is 68.7 Å². The number of fused-ring (bicyclic) bond motifs is 8. The molecule has 2 aromatic heterocycles. The highest BCUT2D eigenvalue weighted by molar-refractivity contribution is 5.84. The van der Waals surface area contributed by atoms with Gasteiger partial charge in [-0.1, -0.05) is 39.8 Å². The molecular weight excluding hydrogens is 592 g/mol. The van der Waals surface area contributed by atoms with Crippen LogP contribution in [0.2, 0.25) is 0 Å². The summed E-state index contributed by atoms with van der Waals surface area (Å²) in [6.07, 6.45) is 4.58. The summed E-state index contributed by atoms with van der Waals surface area (Å²) in [5, 5.41) is 0. The van der Waals surface area contributed by atoms with Gasteiger partial charge in [0.25, 0.3) is 0 Å². The Morgan fingerprint density at radius 3 is 1.02 bits per heavy atom. The summed E-state index contributed by atoms with van der Waals surface area (Å²) in [7, 11) is 0. The predicted octanol–water partition coefficient (Wildman–Crippen LogP) is 6.42. The zero-order chi connectivity index (χ0) is 32.5. The highest BCUT2D eigenvalue weighted by atomic mass is 16.5. The molecular formula is C32H36N8O6. The minimum absolute atomic E-state index is 0.0786. The van der Waals surface area contributed by atoms with Crippen LogP contribution in [0, 0.1) is 0 Å². The van der Waals surface area contributed by atoms with E-state index in [0.717, 1.165) is 25.7 Å². The van der Waals surface area contributed by atoms with E-state index in [2.05, 4.69) is 57.6 Å². The van der Waals surface area contributed by atoms with Gasteiger partial charge in [-0.25, -0.2) is 0 Å². The van der Waals surface area contributed by atoms with Crippen molar-refractivity contribution in [3.05, 3.63) is 47.5 Å². The molecule has 8 bridgehead atoms. The second kappa shape index (κ2) is 15.1. The molecule has 0 atom stereocenters. The summed E-state index contributed by atoms with van der Waals surface area (Å²) in [5.41, 5.74) is 0.157. The maximum Gasteiger partial charge on any atom is 0.330 e. The van der Waals surface area contributed by atoms with Gasteiger partial charge in [0.1, 0.15) is 23.0 Å².